The molecule has 2 aromatic carbocycles. The number of fused-ring (bicyclic) bond motifs is 1. The van der Waals surface area contributed by atoms with E-state index in [0.29, 0.717) is 5.56 Å². The van der Waals surface area contributed by atoms with Gasteiger partial charge in [-0.25, -0.2) is 9.18 Å². The van der Waals surface area contributed by atoms with Crippen LogP contribution in [0.15, 0.2) is 59.3 Å². The van der Waals surface area contributed by atoms with Crippen molar-refractivity contribution < 1.29 is 18.7 Å². The molecule has 0 unspecified atom stereocenters. The van der Waals surface area contributed by atoms with Gasteiger partial charge in [0.15, 0.2) is 0 Å². The Morgan fingerprint density at radius 2 is 1.82 bits per heavy atom. The van der Waals surface area contributed by atoms with Gasteiger partial charge in [0.1, 0.15) is 11.4 Å². The van der Waals surface area contributed by atoms with Gasteiger partial charge in [-0.1, -0.05) is 12.1 Å². The van der Waals surface area contributed by atoms with Crippen LogP contribution in [0.4, 0.5) is 9.18 Å². The van der Waals surface area contributed by atoms with Crippen molar-refractivity contribution in [3.63, 3.8) is 0 Å². The molecule has 0 atom stereocenters. The number of alkyl carbamates (subject to hydrolysis) is 1. The Labute approximate surface area is 228 Å². The van der Waals surface area contributed by atoms with Gasteiger partial charge in [0.2, 0.25) is 0 Å². The number of nitrogens with zero attached hydrogens (tertiary/aromatic N) is 3. The summed E-state index contributed by atoms with van der Waals surface area (Å²) in [5, 5.41) is 3.43. The third kappa shape index (κ3) is 7.39. The molecule has 38 heavy (non-hydrogen) atoms. The molecule has 0 radical (unpaired) electrons. The van der Waals surface area contributed by atoms with Crippen LogP contribution in [0, 0.1) is 6.92 Å². The third-order valence-corrected chi connectivity index (χ3v) is 6.50. The second-order valence-corrected chi connectivity index (χ2v) is 11.8. The molecule has 0 aliphatic rings. The van der Waals surface area contributed by atoms with Gasteiger partial charge in [-0.05, 0) is 95.7 Å². The molecule has 0 saturated carbocycles. The molecule has 0 saturated heterocycles. The summed E-state index contributed by atoms with van der Waals surface area (Å²) in [6.07, 6.45) is 0.743. The van der Waals surface area contributed by atoms with Gasteiger partial charge >= 0.3 is 6.09 Å². The van der Waals surface area contributed by atoms with Gasteiger partial charge in [0.05, 0.1) is 6.54 Å². The monoisotopic (exact) mass is 540 g/mol. The first-order valence-electron chi connectivity index (χ1n) is 12.4. The minimum absolute atomic E-state index is 0.00849. The molecule has 9 heteroatoms. The fourth-order valence-corrected chi connectivity index (χ4v) is 4.88. The fourth-order valence-electron chi connectivity index (χ4n) is 4.14. The van der Waals surface area contributed by atoms with Crippen LogP contribution in [0.5, 0.6) is 0 Å². The molecule has 3 rings (SSSR count). The maximum atomic E-state index is 15.1. The van der Waals surface area contributed by atoms with E-state index in [-0.39, 0.29) is 19.0 Å². The van der Waals surface area contributed by atoms with Crippen molar-refractivity contribution in [1.82, 2.24) is 19.1 Å². The third-order valence-electron chi connectivity index (χ3n) is 5.67. The van der Waals surface area contributed by atoms with Crippen LogP contribution in [-0.2, 0) is 11.3 Å². The number of allylic oxidation sites excluding steroid dienone is 1. The highest BCUT2D eigenvalue weighted by Crippen LogP contribution is 2.37. The number of hydrogen-bond acceptors (Lipinski definition) is 5. The molecule has 7 nitrogen and oxygen atoms in total. The van der Waals surface area contributed by atoms with Gasteiger partial charge in [-0.15, -0.1) is 0 Å². The van der Waals surface area contributed by atoms with Crippen LogP contribution in [0.2, 0.25) is 0 Å². The number of carbonyl (C=O) groups is 2. The van der Waals surface area contributed by atoms with E-state index in [1.54, 1.807) is 57.8 Å². The van der Waals surface area contributed by atoms with E-state index in [2.05, 4.69) is 11.4 Å². The zero-order valence-electron chi connectivity index (χ0n) is 23.4. The number of ether oxygens (including phenoxy) is 1. The maximum absolute atomic E-state index is 15.1. The first-order chi connectivity index (χ1) is 17.8. The number of aromatic nitrogens is 1. The molecule has 1 heterocycles. The molecule has 1 aromatic heterocycles. The second kappa shape index (κ2) is 12.0. The van der Waals surface area contributed by atoms with Gasteiger partial charge < -0.3 is 19.5 Å². The standard InChI is InChI=1S/C29H37FN4O3S/c1-19-26(20-10-9-11-23(16-20)38-33(7)8)24-17-21(27(35)32(5)6)12-13-25(24)34(19)18-22(30)14-15-31-28(36)37-29(2,3)4/h9-14,16-17H,15,18H2,1-8H3,(H,31,36)/b22-14-. The number of hydrogen-bond donors (Lipinski definition) is 1. The Bertz CT molecular complexity index is 1360. The predicted octanol–water partition coefficient (Wildman–Crippen LogP) is 6.27. The number of rotatable bonds is 8. The highest BCUT2D eigenvalue weighted by molar-refractivity contribution is 7.97. The van der Waals surface area contributed by atoms with Crippen molar-refractivity contribution in [1.29, 1.82) is 0 Å². The van der Waals surface area contributed by atoms with Crippen molar-refractivity contribution in [3.8, 4) is 11.1 Å². The lowest BCUT2D eigenvalue weighted by Gasteiger charge is -2.19. The maximum Gasteiger partial charge on any atom is 0.407 e. The minimum atomic E-state index is -0.626. The summed E-state index contributed by atoms with van der Waals surface area (Å²) >= 11 is 1.61. The Morgan fingerprint density at radius 1 is 1.11 bits per heavy atom. The Balaban J connectivity index is 2.02. The van der Waals surface area contributed by atoms with Crippen LogP contribution in [-0.4, -0.2) is 66.1 Å². The number of nitrogens with one attached hydrogen (secondary N) is 1. The molecule has 0 spiro atoms. The highest BCUT2D eigenvalue weighted by Gasteiger charge is 2.20. The summed E-state index contributed by atoms with van der Waals surface area (Å²) in [5.74, 6) is -0.488. The first-order valence-corrected chi connectivity index (χ1v) is 13.2. The molecular formula is C29H37FN4O3S. The normalized spacial score (nSPS) is 12.2. The second-order valence-electron chi connectivity index (χ2n) is 10.4. The van der Waals surface area contributed by atoms with Gasteiger partial charge in [-0.3, -0.25) is 9.10 Å². The number of carbonyl (C=O) groups excluding carboxylic acids is 2. The van der Waals surface area contributed by atoms with E-state index in [4.69, 9.17) is 4.74 Å². The number of halogens is 1. The lowest BCUT2D eigenvalue weighted by molar-refractivity contribution is 0.0533. The van der Waals surface area contributed by atoms with Crippen molar-refractivity contribution in [2.75, 3.05) is 34.7 Å². The van der Waals surface area contributed by atoms with E-state index in [1.165, 1.54) is 6.08 Å². The van der Waals surface area contributed by atoms with Crippen LogP contribution >= 0.6 is 11.9 Å². The molecule has 0 aliphatic carbocycles. The fraction of sp³-hybridized carbons (Fsp3) is 0.379. The zero-order valence-corrected chi connectivity index (χ0v) is 24.2. The summed E-state index contributed by atoms with van der Waals surface area (Å²) in [6, 6.07) is 13.7. The first kappa shape index (κ1) is 29.3. The average Bonchev–Trinajstić information content (AvgIpc) is 3.07. The molecule has 1 N–H and O–H groups in total. The molecule has 0 bridgehead atoms. The van der Waals surface area contributed by atoms with E-state index >= 15 is 4.39 Å². The Morgan fingerprint density at radius 3 is 2.45 bits per heavy atom. The van der Waals surface area contributed by atoms with Gasteiger partial charge in [0.25, 0.3) is 5.91 Å². The predicted molar refractivity (Wildman–Crippen MR) is 153 cm³/mol. The minimum Gasteiger partial charge on any atom is -0.444 e. The lowest BCUT2D eigenvalue weighted by atomic mass is 10.0. The van der Waals surface area contributed by atoms with Gasteiger partial charge in [0, 0.05) is 53.3 Å². The molecule has 0 aliphatic heterocycles. The van der Waals surface area contributed by atoms with Crippen LogP contribution in [0.25, 0.3) is 22.0 Å². The molecule has 3 aromatic rings. The lowest BCUT2D eigenvalue weighted by Crippen LogP contribution is -2.32. The molecule has 204 valence electrons. The molecular weight excluding hydrogens is 503 g/mol. The summed E-state index contributed by atoms with van der Waals surface area (Å²) in [5.41, 5.74) is 3.58. The summed E-state index contributed by atoms with van der Waals surface area (Å²) in [6.45, 7) is 7.27. The zero-order chi connectivity index (χ0) is 28.2. The topological polar surface area (TPSA) is 66.8 Å². The van der Waals surface area contributed by atoms with Crippen LogP contribution in [0.1, 0.15) is 36.8 Å². The Kier molecular flexibility index (Phi) is 9.27. The van der Waals surface area contributed by atoms with E-state index in [9.17, 15) is 9.59 Å². The van der Waals surface area contributed by atoms with E-state index in [1.807, 2.05) is 60.2 Å². The van der Waals surface area contributed by atoms with E-state index in [0.717, 1.165) is 32.6 Å². The van der Waals surface area contributed by atoms with Crippen molar-refractivity contribution in [3.05, 3.63) is 65.6 Å². The van der Waals surface area contributed by atoms with Gasteiger partial charge in [-0.2, -0.15) is 0 Å². The highest BCUT2D eigenvalue weighted by atomic mass is 32.2. The van der Waals surface area contributed by atoms with Crippen LogP contribution < -0.4 is 5.32 Å². The molecule has 2 amide bonds. The number of amides is 2. The van der Waals surface area contributed by atoms with Crippen LogP contribution in [0.3, 0.4) is 0 Å². The summed E-state index contributed by atoms with van der Waals surface area (Å²) in [7, 11) is 7.41. The largest absolute Gasteiger partial charge is 0.444 e. The molecule has 0 fully saturated rings. The average molecular weight is 541 g/mol. The summed E-state index contributed by atoms with van der Waals surface area (Å²) < 4.78 is 24.2. The van der Waals surface area contributed by atoms with Crippen molar-refractivity contribution in [2.24, 2.45) is 0 Å². The van der Waals surface area contributed by atoms with Crippen molar-refractivity contribution in [2.45, 2.75) is 44.7 Å². The van der Waals surface area contributed by atoms with Crippen molar-refractivity contribution >= 4 is 34.9 Å². The quantitative estimate of drug-likeness (QED) is 0.342. The summed E-state index contributed by atoms with van der Waals surface area (Å²) in [4.78, 5) is 27.2. The Hall–Kier alpha value is -3.30. The van der Waals surface area contributed by atoms with E-state index < -0.39 is 17.5 Å². The SMILES string of the molecule is Cc1c(-c2cccc(SN(C)C)c2)c2cc(C(=O)N(C)C)ccc2n1C/C(F)=C/CNC(=O)OC(C)(C)C. The number of benzene rings is 2. The smallest absolute Gasteiger partial charge is 0.407 e.